The number of rotatable bonds is 3. The van der Waals surface area contributed by atoms with Crippen LogP contribution in [0.1, 0.15) is 20.3 Å². The van der Waals surface area contributed by atoms with Crippen molar-refractivity contribution in [1.29, 1.82) is 0 Å². The molecule has 0 aromatic carbocycles. The summed E-state index contributed by atoms with van der Waals surface area (Å²) in [4.78, 5) is 22.4. The number of halogens is 1. The van der Waals surface area contributed by atoms with Crippen molar-refractivity contribution in [2.75, 3.05) is 13.7 Å². The first-order chi connectivity index (χ1) is 7.04. The summed E-state index contributed by atoms with van der Waals surface area (Å²) in [7, 11) is 1.34. The van der Waals surface area contributed by atoms with E-state index in [0.29, 0.717) is 13.0 Å². The van der Waals surface area contributed by atoms with E-state index in [9.17, 15) is 9.59 Å². The van der Waals surface area contributed by atoms with Crippen LogP contribution in [0.5, 0.6) is 0 Å². The molecule has 0 spiro atoms. The Kier molecular flexibility index (Phi) is 6.36. The Balaban J connectivity index is 0.00000225. The van der Waals surface area contributed by atoms with Crippen LogP contribution in [-0.4, -0.2) is 37.7 Å². The quantitative estimate of drug-likeness (QED) is 0.741. The molecular weight excluding hydrogens is 234 g/mol. The minimum absolute atomic E-state index is 0. The molecule has 1 heterocycles. The fourth-order valence-electron chi connectivity index (χ4n) is 1.42. The number of carbonyl (C=O) groups excluding carboxylic acids is 2. The molecule has 0 radical (unpaired) electrons. The molecule has 1 rings (SSSR count). The summed E-state index contributed by atoms with van der Waals surface area (Å²) in [5.41, 5.74) is 0. The lowest BCUT2D eigenvalue weighted by molar-refractivity contribution is -0.152. The molecule has 2 atom stereocenters. The summed E-state index contributed by atoms with van der Waals surface area (Å²) in [5, 5.41) is 2.95. The molecule has 0 aromatic heterocycles. The Morgan fingerprint density at radius 1 is 1.38 bits per heavy atom. The van der Waals surface area contributed by atoms with Crippen LogP contribution in [0, 0.1) is 5.92 Å². The first-order valence-corrected chi connectivity index (χ1v) is 5.06. The number of methoxy groups -OCH3 is 1. The van der Waals surface area contributed by atoms with Gasteiger partial charge in [-0.25, -0.2) is 0 Å². The Morgan fingerprint density at radius 3 is 2.50 bits per heavy atom. The average molecular weight is 252 g/mol. The van der Waals surface area contributed by atoms with Crippen LogP contribution in [0.3, 0.4) is 0 Å². The highest BCUT2D eigenvalue weighted by atomic mass is 35.5. The van der Waals surface area contributed by atoms with E-state index in [-0.39, 0.29) is 42.4 Å². The van der Waals surface area contributed by atoms with Gasteiger partial charge < -0.3 is 14.8 Å². The topological polar surface area (TPSA) is 64.6 Å². The molecule has 6 heteroatoms. The summed E-state index contributed by atoms with van der Waals surface area (Å²) in [6.45, 7) is 4.07. The SMILES string of the molecule is COC(=O)[C@@H]1C[C@@H](OC(=O)C(C)C)CN1.Cl. The molecule has 0 aliphatic carbocycles. The standard InChI is InChI=1S/C10H17NO4.ClH/c1-6(2)9(12)15-7-4-8(11-5-7)10(13)14-3;/h6-8,11H,4-5H2,1-3H3;1H/t7-,8+;/m1./s1. The molecule has 5 nitrogen and oxygen atoms in total. The number of esters is 2. The van der Waals surface area contributed by atoms with Gasteiger partial charge in [-0.05, 0) is 0 Å². The van der Waals surface area contributed by atoms with Crippen molar-refractivity contribution in [1.82, 2.24) is 5.32 Å². The minimum atomic E-state index is -0.347. The van der Waals surface area contributed by atoms with Gasteiger partial charge in [0.1, 0.15) is 12.1 Å². The van der Waals surface area contributed by atoms with Gasteiger partial charge in [0.05, 0.1) is 13.0 Å². The van der Waals surface area contributed by atoms with E-state index in [1.165, 1.54) is 7.11 Å². The minimum Gasteiger partial charge on any atom is -0.468 e. The zero-order chi connectivity index (χ0) is 11.4. The van der Waals surface area contributed by atoms with Crippen LogP contribution >= 0.6 is 12.4 Å². The van der Waals surface area contributed by atoms with Gasteiger partial charge in [-0.3, -0.25) is 9.59 Å². The fourth-order valence-corrected chi connectivity index (χ4v) is 1.42. The summed E-state index contributed by atoms with van der Waals surface area (Å²) in [5.74, 6) is -0.674. The molecule has 1 saturated heterocycles. The maximum Gasteiger partial charge on any atom is 0.323 e. The number of ether oxygens (including phenoxy) is 2. The summed E-state index contributed by atoms with van der Waals surface area (Å²) in [6, 6.07) is -0.347. The molecular formula is C10H18ClNO4. The average Bonchev–Trinajstić information content (AvgIpc) is 2.65. The second kappa shape index (κ2) is 6.70. The van der Waals surface area contributed by atoms with Crippen LogP contribution in [-0.2, 0) is 19.1 Å². The van der Waals surface area contributed by atoms with Crippen molar-refractivity contribution >= 4 is 24.3 Å². The van der Waals surface area contributed by atoms with E-state index in [1.807, 2.05) is 0 Å². The lowest BCUT2D eigenvalue weighted by Crippen LogP contribution is -2.31. The van der Waals surface area contributed by atoms with Crippen LogP contribution in [0.15, 0.2) is 0 Å². The van der Waals surface area contributed by atoms with E-state index < -0.39 is 0 Å². The first kappa shape index (κ1) is 15.2. The highest BCUT2D eigenvalue weighted by Gasteiger charge is 2.32. The lowest BCUT2D eigenvalue weighted by atomic mass is 10.2. The Labute approximate surface area is 101 Å². The van der Waals surface area contributed by atoms with Crippen molar-refractivity contribution in [3.63, 3.8) is 0 Å². The molecule has 0 saturated carbocycles. The van der Waals surface area contributed by atoms with Gasteiger partial charge >= 0.3 is 11.9 Å². The lowest BCUT2D eigenvalue weighted by Gasteiger charge is -2.12. The van der Waals surface area contributed by atoms with Crippen LogP contribution in [0.25, 0.3) is 0 Å². The molecule has 0 aromatic rings. The summed E-state index contributed by atoms with van der Waals surface area (Å²) < 4.78 is 9.78. The van der Waals surface area contributed by atoms with Gasteiger partial charge in [0.2, 0.25) is 0 Å². The van der Waals surface area contributed by atoms with Gasteiger partial charge in [-0.1, -0.05) is 13.8 Å². The van der Waals surface area contributed by atoms with Crippen LogP contribution in [0.2, 0.25) is 0 Å². The first-order valence-electron chi connectivity index (χ1n) is 5.06. The predicted molar refractivity (Wildman–Crippen MR) is 60.4 cm³/mol. The largest absolute Gasteiger partial charge is 0.468 e. The van der Waals surface area contributed by atoms with Gasteiger partial charge in [0.15, 0.2) is 0 Å². The highest BCUT2D eigenvalue weighted by molar-refractivity contribution is 5.85. The van der Waals surface area contributed by atoms with E-state index in [1.54, 1.807) is 13.8 Å². The monoisotopic (exact) mass is 251 g/mol. The third-order valence-corrected chi connectivity index (χ3v) is 2.33. The third-order valence-electron chi connectivity index (χ3n) is 2.33. The second-order valence-corrected chi connectivity index (χ2v) is 3.93. The number of carbonyl (C=O) groups is 2. The van der Waals surface area contributed by atoms with Gasteiger partial charge in [-0.15, -0.1) is 12.4 Å². The zero-order valence-corrected chi connectivity index (χ0v) is 10.5. The fraction of sp³-hybridized carbons (Fsp3) is 0.800. The van der Waals surface area contributed by atoms with Crippen molar-refractivity contribution in [3.8, 4) is 0 Å². The number of hydrogen-bond acceptors (Lipinski definition) is 5. The number of hydrogen-bond donors (Lipinski definition) is 1. The molecule has 94 valence electrons. The summed E-state index contributed by atoms with van der Waals surface area (Å²) in [6.07, 6.45) is 0.273. The van der Waals surface area contributed by atoms with Gasteiger partial charge in [0.25, 0.3) is 0 Å². The molecule has 1 N–H and O–H groups in total. The van der Waals surface area contributed by atoms with Gasteiger partial charge in [0, 0.05) is 13.0 Å². The second-order valence-electron chi connectivity index (χ2n) is 3.93. The van der Waals surface area contributed by atoms with Crippen LogP contribution in [0.4, 0.5) is 0 Å². The van der Waals surface area contributed by atoms with E-state index in [2.05, 4.69) is 10.1 Å². The normalized spacial score (nSPS) is 23.8. The number of nitrogens with one attached hydrogen (secondary N) is 1. The van der Waals surface area contributed by atoms with E-state index >= 15 is 0 Å². The smallest absolute Gasteiger partial charge is 0.323 e. The zero-order valence-electron chi connectivity index (χ0n) is 9.69. The van der Waals surface area contributed by atoms with Crippen molar-refractivity contribution in [2.45, 2.75) is 32.4 Å². The molecule has 1 fully saturated rings. The molecule has 0 bridgehead atoms. The highest BCUT2D eigenvalue weighted by Crippen LogP contribution is 2.13. The maximum atomic E-state index is 11.3. The van der Waals surface area contributed by atoms with Crippen molar-refractivity contribution < 1.29 is 19.1 Å². The maximum absolute atomic E-state index is 11.3. The molecule has 0 amide bonds. The predicted octanol–water partition coefficient (Wildman–Crippen LogP) is 0.511. The third kappa shape index (κ3) is 3.98. The van der Waals surface area contributed by atoms with E-state index in [0.717, 1.165) is 0 Å². The molecule has 1 aliphatic rings. The molecule has 1 aliphatic heterocycles. The van der Waals surface area contributed by atoms with Crippen molar-refractivity contribution in [3.05, 3.63) is 0 Å². The summed E-state index contributed by atoms with van der Waals surface area (Å²) >= 11 is 0. The Hall–Kier alpha value is -0.810. The van der Waals surface area contributed by atoms with E-state index in [4.69, 9.17) is 4.74 Å². The molecule has 0 unspecified atom stereocenters. The Bertz CT molecular complexity index is 257. The van der Waals surface area contributed by atoms with Crippen LogP contribution < -0.4 is 5.32 Å². The van der Waals surface area contributed by atoms with Crippen molar-refractivity contribution in [2.24, 2.45) is 5.92 Å². The molecule has 16 heavy (non-hydrogen) atoms. The van der Waals surface area contributed by atoms with Gasteiger partial charge in [-0.2, -0.15) is 0 Å². The Morgan fingerprint density at radius 2 is 2.00 bits per heavy atom.